The maximum Gasteiger partial charge on any atom is 0.343 e. The van der Waals surface area contributed by atoms with Crippen molar-refractivity contribution < 1.29 is 64.3 Å². The molecule has 4 aromatic rings. The number of para-hydroxylation sites is 1. The van der Waals surface area contributed by atoms with E-state index in [2.05, 4.69) is 0 Å². The fourth-order valence-corrected chi connectivity index (χ4v) is 6.26. The molecule has 0 saturated carbocycles. The molecule has 13 nitrogen and oxygen atoms in total. The van der Waals surface area contributed by atoms with Gasteiger partial charge in [-0.15, -0.1) is 0 Å². The van der Waals surface area contributed by atoms with Gasteiger partial charge in [0.15, 0.2) is 51.4 Å². The highest BCUT2D eigenvalue weighted by molar-refractivity contribution is 6.05. The van der Waals surface area contributed by atoms with Gasteiger partial charge in [0.05, 0.1) is 5.56 Å². The van der Waals surface area contributed by atoms with Gasteiger partial charge in [-0.05, 0) is 74.2 Å². The van der Waals surface area contributed by atoms with Crippen molar-refractivity contribution in [2.45, 2.75) is 83.8 Å². The third-order valence-corrected chi connectivity index (χ3v) is 8.86. The topological polar surface area (TPSA) is 221 Å². The van der Waals surface area contributed by atoms with Crippen LogP contribution in [0.15, 0.2) is 66.7 Å². The van der Waals surface area contributed by atoms with Gasteiger partial charge in [-0.25, -0.2) is 4.79 Å². The van der Waals surface area contributed by atoms with Gasteiger partial charge in [0.1, 0.15) is 5.75 Å². The molecule has 0 radical (unpaired) electrons. The van der Waals surface area contributed by atoms with E-state index in [0.29, 0.717) is 19.3 Å². The lowest BCUT2D eigenvalue weighted by Gasteiger charge is -2.34. The largest absolute Gasteiger partial charge is 0.504 e. The minimum Gasteiger partial charge on any atom is -0.504 e. The lowest BCUT2D eigenvalue weighted by Crippen LogP contribution is -2.45. The number of benzene rings is 4. The number of ketones is 2. The summed E-state index contributed by atoms with van der Waals surface area (Å²) in [5.74, 6) is -8.19. The van der Waals surface area contributed by atoms with Gasteiger partial charge < -0.3 is 50.0 Å². The van der Waals surface area contributed by atoms with Crippen molar-refractivity contribution in [1.29, 1.82) is 0 Å². The molecule has 0 saturated heterocycles. The van der Waals surface area contributed by atoms with Gasteiger partial charge in [0, 0.05) is 11.1 Å². The average Bonchev–Trinajstić information content (AvgIpc) is 3.13. The predicted molar refractivity (Wildman–Crippen MR) is 193 cm³/mol. The molecule has 4 aromatic carbocycles. The van der Waals surface area contributed by atoms with Crippen LogP contribution in [0.4, 0.5) is 0 Å². The molecule has 0 aliphatic heterocycles. The van der Waals surface area contributed by atoms with Crippen LogP contribution < -0.4 is 14.2 Å². The van der Waals surface area contributed by atoms with E-state index < -0.39 is 80.5 Å². The first-order valence-electron chi connectivity index (χ1n) is 17.3. The summed E-state index contributed by atoms with van der Waals surface area (Å²) in [5, 5.41) is 73.3. The lowest BCUT2D eigenvalue weighted by atomic mass is 9.84. The zero-order chi connectivity index (χ0) is 39.1. The minimum atomic E-state index is -1.75. The van der Waals surface area contributed by atoms with Crippen molar-refractivity contribution in [1.82, 2.24) is 0 Å². The highest BCUT2D eigenvalue weighted by atomic mass is 16.5. The molecule has 0 aliphatic rings. The average molecular weight is 733 g/mol. The number of phenols is 7. The summed E-state index contributed by atoms with van der Waals surface area (Å²) in [4.78, 5) is 41.6. The number of carbonyl (C=O) groups is 3. The van der Waals surface area contributed by atoms with Crippen LogP contribution in [0.2, 0.25) is 0 Å². The second-order valence-electron chi connectivity index (χ2n) is 12.7. The van der Waals surface area contributed by atoms with Gasteiger partial charge >= 0.3 is 5.97 Å². The van der Waals surface area contributed by atoms with Crippen molar-refractivity contribution in [3.05, 3.63) is 83.4 Å². The van der Waals surface area contributed by atoms with Crippen molar-refractivity contribution in [2.24, 2.45) is 0 Å². The maximum atomic E-state index is 14.6. The van der Waals surface area contributed by atoms with Gasteiger partial charge in [0.25, 0.3) is 0 Å². The number of aromatic hydroxyl groups is 7. The smallest absolute Gasteiger partial charge is 0.343 e. The van der Waals surface area contributed by atoms with Crippen LogP contribution >= 0.6 is 0 Å². The number of ether oxygens (including phenoxy) is 3. The van der Waals surface area contributed by atoms with Gasteiger partial charge in [-0.2, -0.15) is 0 Å². The Balaban J connectivity index is 1.79. The molecule has 0 spiro atoms. The molecule has 53 heavy (non-hydrogen) atoms. The fourth-order valence-electron chi connectivity index (χ4n) is 6.26. The highest BCUT2D eigenvalue weighted by Crippen LogP contribution is 2.45. The van der Waals surface area contributed by atoms with Crippen molar-refractivity contribution in [2.75, 3.05) is 0 Å². The van der Waals surface area contributed by atoms with Crippen LogP contribution in [0.25, 0.3) is 0 Å². The van der Waals surface area contributed by atoms with E-state index in [9.17, 15) is 50.1 Å². The molecule has 7 N–H and O–H groups in total. The monoisotopic (exact) mass is 732 g/mol. The van der Waals surface area contributed by atoms with E-state index in [1.165, 1.54) is 0 Å². The number of hydrogen-bond acceptors (Lipinski definition) is 13. The second-order valence-corrected chi connectivity index (χ2v) is 12.7. The van der Waals surface area contributed by atoms with Gasteiger partial charge in [-0.1, -0.05) is 65.2 Å². The zero-order valence-corrected chi connectivity index (χ0v) is 29.9. The summed E-state index contributed by atoms with van der Waals surface area (Å²) in [7, 11) is 0. The Morgan fingerprint density at radius 2 is 0.925 bits per heavy atom. The summed E-state index contributed by atoms with van der Waals surface area (Å²) in [6.07, 6.45) is 1.36. The number of esters is 1. The summed E-state index contributed by atoms with van der Waals surface area (Å²) >= 11 is 0. The van der Waals surface area contributed by atoms with Crippen molar-refractivity contribution in [3.8, 4) is 57.5 Å². The molecular weight excluding hydrogens is 688 g/mol. The Bertz CT molecular complexity index is 1940. The summed E-state index contributed by atoms with van der Waals surface area (Å²) in [5.41, 5.74) is -4.08. The standard InChI is InChI=1S/C40H44O13/c1-5-14-39(8-4,36(48)23-17-27(41)33(45)28(42)18-23)52-31-21-24(19-29(43)34(31)46)37(49)40(15-6-2,16-7-3)53-32-22-25(20-30(44)35(32)47)38(50)51-26-12-10-9-11-13-26/h9-13,17-22,41-47H,5-8,14-16H2,1-4H3. The molecule has 282 valence electrons. The van der Waals surface area contributed by atoms with Crippen LogP contribution in [0.5, 0.6) is 57.5 Å². The number of carbonyl (C=O) groups excluding carboxylic acids is 3. The molecule has 4 rings (SSSR count). The van der Waals surface area contributed by atoms with E-state index in [1.807, 2.05) is 0 Å². The van der Waals surface area contributed by atoms with Crippen LogP contribution in [0.1, 0.15) is 104 Å². The zero-order valence-electron chi connectivity index (χ0n) is 29.9. The van der Waals surface area contributed by atoms with E-state index in [1.54, 1.807) is 58.0 Å². The van der Waals surface area contributed by atoms with Crippen molar-refractivity contribution >= 4 is 17.5 Å². The summed E-state index contributed by atoms with van der Waals surface area (Å²) < 4.78 is 17.8. The molecule has 0 heterocycles. The molecule has 0 aliphatic carbocycles. The predicted octanol–water partition coefficient (Wildman–Crippen LogP) is 7.66. The first-order chi connectivity index (χ1) is 25.1. The summed E-state index contributed by atoms with van der Waals surface area (Å²) in [6, 6.07) is 14.4. The quantitative estimate of drug-likeness (QED) is 0.0240. The van der Waals surface area contributed by atoms with Crippen LogP contribution in [-0.2, 0) is 0 Å². The molecule has 0 fully saturated rings. The van der Waals surface area contributed by atoms with Gasteiger partial charge in [-0.3, -0.25) is 9.59 Å². The Morgan fingerprint density at radius 3 is 1.42 bits per heavy atom. The Hall–Kier alpha value is -6.11. The fraction of sp³-hybridized carbons (Fsp3) is 0.325. The van der Waals surface area contributed by atoms with E-state index in [0.717, 1.165) is 36.4 Å². The molecular formula is C40H44O13. The first kappa shape index (κ1) is 39.7. The van der Waals surface area contributed by atoms with Crippen LogP contribution in [-0.4, -0.2) is 64.5 Å². The van der Waals surface area contributed by atoms with Crippen molar-refractivity contribution in [3.63, 3.8) is 0 Å². The Morgan fingerprint density at radius 1 is 0.528 bits per heavy atom. The molecule has 0 aromatic heterocycles. The first-order valence-corrected chi connectivity index (χ1v) is 17.3. The summed E-state index contributed by atoms with van der Waals surface area (Å²) in [6.45, 7) is 6.99. The molecule has 1 unspecified atom stereocenters. The minimum absolute atomic E-state index is 0.00495. The molecule has 1 atom stereocenters. The number of rotatable bonds is 17. The van der Waals surface area contributed by atoms with E-state index in [4.69, 9.17) is 14.2 Å². The van der Waals surface area contributed by atoms with E-state index >= 15 is 0 Å². The number of hydrogen-bond donors (Lipinski definition) is 7. The van der Waals surface area contributed by atoms with E-state index in [-0.39, 0.29) is 48.1 Å². The molecule has 0 bridgehead atoms. The Kier molecular flexibility index (Phi) is 12.3. The third-order valence-electron chi connectivity index (χ3n) is 8.86. The molecule has 13 heteroatoms. The number of Topliss-reactive ketones (excluding diaryl/α,β-unsaturated/α-hetero) is 2. The Labute approximate surface area is 306 Å². The van der Waals surface area contributed by atoms with Gasteiger partial charge in [0.2, 0.25) is 23.1 Å². The SMILES string of the molecule is CCCC(CC)(Oc1cc(C(=O)C(CCC)(CCC)Oc2cc(C(=O)Oc3ccccc3)cc(O)c2O)cc(O)c1O)C(=O)c1cc(O)c(O)c(O)c1. The number of phenolic OH excluding ortho intramolecular Hbond substituents is 7. The van der Waals surface area contributed by atoms with Crippen LogP contribution in [0.3, 0.4) is 0 Å². The maximum absolute atomic E-state index is 14.6. The molecule has 0 amide bonds. The lowest BCUT2D eigenvalue weighted by molar-refractivity contribution is 0.0336. The second kappa shape index (κ2) is 16.5. The van der Waals surface area contributed by atoms with Crippen LogP contribution in [0, 0.1) is 0 Å². The highest BCUT2D eigenvalue weighted by Gasteiger charge is 2.43. The normalized spacial score (nSPS) is 12.5. The third kappa shape index (κ3) is 8.35.